The van der Waals surface area contributed by atoms with E-state index in [1.165, 1.54) is 12.2 Å². The molecule has 1 aromatic carbocycles. The van der Waals surface area contributed by atoms with Gasteiger partial charge in [-0.05, 0) is 53.5 Å². The van der Waals surface area contributed by atoms with Gasteiger partial charge in [-0.2, -0.15) is 0 Å². The Bertz CT molecular complexity index is 748. The largest absolute Gasteiger partial charge is 0.457 e. The highest BCUT2D eigenvalue weighted by atomic mass is 16.6. The highest BCUT2D eigenvalue weighted by Gasteiger charge is 2.19. The topological polar surface area (TPSA) is 103 Å². The molecule has 8 nitrogen and oxygen atoms in total. The molecule has 0 aromatic heterocycles. The van der Waals surface area contributed by atoms with E-state index in [1.807, 2.05) is 30.3 Å². The molecule has 0 aliphatic rings. The summed E-state index contributed by atoms with van der Waals surface area (Å²) in [4.78, 5) is 35.9. The van der Waals surface area contributed by atoms with Crippen LogP contribution in [0.2, 0.25) is 0 Å². The average Bonchev–Trinajstić information content (AvgIpc) is 2.62. The van der Waals surface area contributed by atoms with Crippen molar-refractivity contribution in [1.29, 1.82) is 0 Å². The molecular weight excluding hydrogens is 400 g/mol. The summed E-state index contributed by atoms with van der Waals surface area (Å²) in [6.07, 6.45) is 1.88. The first kappa shape index (κ1) is 26.0. The molecule has 8 heteroatoms. The Morgan fingerprint density at radius 3 is 2.13 bits per heavy atom. The molecule has 1 unspecified atom stereocenters. The zero-order chi connectivity index (χ0) is 23.5. The second-order valence-corrected chi connectivity index (χ2v) is 8.92. The van der Waals surface area contributed by atoms with E-state index in [9.17, 15) is 14.4 Å². The highest BCUT2D eigenvalue weighted by molar-refractivity contribution is 5.82. The number of carbonyl (C=O) groups excluding carboxylic acids is 3. The van der Waals surface area contributed by atoms with Crippen LogP contribution >= 0.6 is 0 Å². The van der Waals surface area contributed by atoms with Gasteiger partial charge < -0.3 is 24.8 Å². The third-order valence-electron chi connectivity index (χ3n) is 3.51. The summed E-state index contributed by atoms with van der Waals surface area (Å²) in [7, 11) is 0. The van der Waals surface area contributed by atoms with Crippen LogP contribution in [-0.4, -0.2) is 41.9 Å². The molecule has 0 bridgehead atoms. The molecule has 0 radical (unpaired) electrons. The number of rotatable bonds is 8. The lowest BCUT2D eigenvalue weighted by atomic mass is 10.1. The summed E-state index contributed by atoms with van der Waals surface area (Å²) in [5.74, 6) is -0.529. The number of carbonyl (C=O) groups is 3. The minimum absolute atomic E-state index is 0.158. The summed E-state index contributed by atoms with van der Waals surface area (Å²) in [6, 6.07) is 8.76. The predicted octanol–water partition coefficient (Wildman–Crippen LogP) is 4.09. The van der Waals surface area contributed by atoms with E-state index in [2.05, 4.69) is 10.6 Å². The zero-order valence-corrected chi connectivity index (χ0v) is 19.2. The van der Waals surface area contributed by atoms with Gasteiger partial charge in [0.25, 0.3) is 0 Å². The van der Waals surface area contributed by atoms with Crippen LogP contribution in [0.15, 0.2) is 42.5 Å². The van der Waals surface area contributed by atoms with Crippen molar-refractivity contribution in [2.75, 3.05) is 6.54 Å². The molecule has 1 atom stereocenters. The first-order valence-corrected chi connectivity index (χ1v) is 10.2. The number of amides is 2. The summed E-state index contributed by atoms with van der Waals surface area (Å²) >= 11 is 0. The van der Waals surface area contributed by atoms with E-state index < -0.39 is 35.4 Å². The van der Waals surface area contributed by atoms with Gasteiger partial charge in [-0.3, -0.25) is 0 Å². The maximum absolute atomic E-state index is 12.1. The van der Waals surface area contributed by atoms with Gasteiger partial charge >= 0.3 is 18.2 Å². The molecule has 1 aromatic rings. The number of alkyl carbamates (subject to hydrolysis) is 2. The smallest absolute Gasteiger partial charge is 0.408 e. The summed E-state index contributed by atoms with van der Waals surface area (Å²) in [5, 5.41) is 5.30. The number of esters is 1. The van der Waals surface area contributed by atoms with Crippen molar-refractivity contribution in [3.63, 3.8) is 0 Å². The molecule has 0 spiro atoms. The number of benzene rings is 1. The lowest BCUT2D eigenvalue weighted by Crippen LogP contribution is -2.40. The van der Waals surface area contributed by atoms with Gasteiger partial charge in [-0.25, -0.2) is 14.4 Å². The van der Waals surface area contributed by atoms with Gasteiger partial charge in [0, 0.05) is 12.6 Å². The van der Waals surface area contributed by atoms with Crippen LogP contribution in [0, 0.1) is 0 Å². The molecule has 2 amide bonds. The molecule has 0 saturated heterocycles. The number of hydrogen-bond donors (Lipinski definition) is 2. The first-order valence-electron chi connectivity index (χ1n) is 10.2. The van der Waals surface area contributed by atoms with Crippen molar-refractivity contribution in [3.8, 4) is 0 Å². The fourth-order valence-electron chi connectivity index (χ4n) is 2.31. The average molecular weight is 435 g/mol. The van der Waals surface area contributed by atoms with E-state index in [1.54, 1.807) is 41.5 Å². The molecule has 0 heterocycles. The molecule has 0 aliphatic carbocycles. The Labute approximate surface area is 184 Å². The maximum Gasteiger partial charge on any atom is 0.408 e. The summed E-state index contributed by atoms with van der Waals surface area (Å²) in [5.41, 5.74) is -0.412. The molecule has 1 rings (SSSR count). The fourth-order valence-corrected chi connectivity index (χ4v) is 2.31. The summed E-state index contributed by atoms with van der Waals surface area (Å²) < 4.78 is 15.6. The van der Waals surface area contributed by atoms with Gasteiger partial charge in [0.1, 0.15) is 17.8 Å². The van der Waals surface area contributed by atoms with Crippen molar-refractivity contribution in [2.45, 2.75) is 71.8 Å². The second-order valence-electron chi connectivity index (χ2n) is 8.92. The number of hydrogen-bond acceptors (Lipinski definition) is 6. The number of ether oxygens (including phenoxy) is 3. The van der Waals surface area contributed by atoms with Crippen molar-refractivity contribution >= 4 is 18.2 Å². The van der Waals surface area contributed by atoms with E-state index in [4.69, 9.17) is 14.2 Å². The quantitative estimate of drug-likeness (QED) is 0.363. The lowest BCUT2D eigenvalue weighted by Gasteiger charge is -2.22. The van der Waals surface area contributed by atoms with Crippen molar-refractivity contribution in [3.05, 3.63) is 48.0 Å². The Hall–Kier alpha value is -3.03. The van der Waals surface area contributed by atoms with Crippen LogP contribution in [-0.2, 0) is 25.6 Å². The molecule has 31 heavy (non-hydrogen) atoms. The molecule has 172 valence electrons. The molecular formula is C23H34N2O6. The van der Waals surface area contributed by atoms with Crippen molar-refractivity contribution < 1.29 is 28.6 Å². The lowest BCUT2D eigenvalue weighted by molar-refractivity contribution is -0.148. The minimum atomic E-state index is -0.664. The van der Waals surface area contributed by atoms with Gasteiger partial charge in [0.2, 0.25) is 0 Å². The van der Waals surface area contributed by atoms with E-state index >= 15 is 0 Å². The van der Waals surface area contributed by atoms with Crippen LogP contribution in [0.25, 0.3) is 0 Å². The van der Waals surface area contributed by atoms with Crippen LogP contribution in [0.1, 0.15) is 53.5 Å². The predicted molar refractivity (Wildman–Crippen MR) is 117 cm³/mol. The third-order valence-corrected chi connectivity index (χ3v) is 3.51. The molecule has 0 fully saturated rings. The fraction of sp³-hybridized carbons (Fsp3) is 0.522. The van der Waals surface area contributed by atoms with Gasteiger partial charge in [0.15, 0.2) is 0 Å². The van der Waals surface area contributed by atoms with Crippen LogP contribution in [0.3, 0.4) is 0 Å². The second kappa shape index (κ2) is 12.0. The Morgan fingerprint density at radius 1 is 0.935 bits per heavy atom. The van der Waals surface area contributed by atoms with Gasteiger partial charge in [0.05, 0.1) is 6.04 Å². The first-order chi connectivity index (χ1) is 14.3. The van der Waals surface area contributed by atoms with Crippen LogP contribution < -0.4 is 10.6 Å². The normalized spacial score (nSPS) is 12.7. The number of nitrogens with one attached hydrogen (secondary N) is 2. The highest BCUT2D eigenvalue weighted by Crippen LogP contribution is 2.09. The zero-order valence-electron chi connectivity index (χ0n) is 19.2. The van der Waals surface area contributed by atoms with Crippen LogP contribution in [0.5, 0.6) is 0 Å². The molecule has 0 saturated carbocycles. The van der Waals surface area contributed by atoms with Crippen molar-refractivity contribution in [1.82, 2.24) is 10.6 Å². The molecule has 2 N–H and O–H groups in total. The maximum atomic E-state index is 12.1. The Morgan fingerprint density at radius 2 is 1.55 bits per heavy atom. The van der Waals surface area contributed by atoms with E-state index in [0.717, 1.165) is 5.56 Å². The standard InChI is InChI=1S/C23H34N2O6/c1-22(2,3)30-19(26)13-12-18(25-21(28)31-23(4,5)6)14-15-24-20(27)29-16-17-10-8-7-9-11-17/h7-13,18H,14-16H2,1-6H3,(H,24,27)(H,25,28)/b13-12+. The minimum Gasteiger partial charge on any atom is -0.457 e. The van der Waals surface area contributed by atoms with Crippen molar-refractivity contribution in [2.24, 2.45) is 0 Å². The Balaban J connectivity index is 2.58. The third kappa shape index (κ3) is 13.8. The SMILES string of the molecule is CC(C)(C)OC(=O)/C=C/C(CCNC(=O)OCc1ccccc1)NC(=O)OC(C)(C)C. The summed E-state index contributed by atoms with van der Waals surface area (Å²) in [6.45, 7) is 10.9. The van der Waals surface area contributed by atoms with Gasteiger partial charge in [-0.15, -0.1) is 0 Å². The Kier molecular flexibility index (Phi) is 10.0. The van der Waals surface area contributed by atoms with E-state index in [-0.39, 0.29) is 13.2 Å². The van der Waals surface area contributed by atoms with E-state index in [0.29, 0.717) is 6.42 Å². The van der Waals surface area contributed by atoms with Gasteiger partial charge in [-0.1, -0.05) is 36.4 Å². The monoisotopic (exact) mass is 434 g/mol. The van der Waals surface area contributed by atoms with Crippen LogP contribution in [0.4, 0.5) is 9.59 Å². The molecule has 0 aliphatic heterocycles.